The van der Waals surface area contributed by atoms with E-state index in [1.807, 2.05) is 12.1 Å². The minimum Gasteiger partial charge on any atom is -0.307 e. The topological polar surface area (TPSA) is 20.3 Å². The third-order valence-electron chi connectivity index (χ3n) is 5.11. The minimum atomic E-state index is 0.0364. The fourth-order valence-corrected chi connectivity index (χ4v) is 4.40. The van der Waals surface area contributed by atoms with Crippen LogP contribution in [0.1, 0.15) is 23.5 Å². The average Bonchev–Trinajstić information content (AvgIpc) is 2.69. The second-order valence-electron chi connectivity index (χ2n) is 6.75. The van der Waals surface area contributed by atoms with Gasteiger partial charge in [0.2, 0.25) is 5.91 Å². The summed E-state index contributed by atoms with van der Waals surface area (Å²) in [5, 5.41) is 2.83. The Balaban J connectivity index is 1.92. The largest absolute Gasteiger partial charge is 0.307 e. The SMILES string of the molecule is C=C(Cl)CN1C(=O)CC(c2ccc(SC)cc2)c2c1ccc1ccccc21. The third kappa shape index (κ3) is 3.38. The molecule has 0 N–H and O–H groups in total. The van der Waals surface area contributed by atoms with Crippen LogP contribution in [0.25, 0.3) is 10.8 Å². The highest BCUT2D eigenvalue weighted by Crippen LogP contribution is 2.44. The van der Waals surface area contributed by atoms with Crippen molar-refractivity contribution < 1.29 is 4.79 Å². The molecular formula is C23H20ClNOS. The quantitative estimate of drug-likeness (QED) is 0.493. The Kier molecular flexibility index (Phi) is 4.98. The van der Waals surface area contributed by atoms with E-state index in [4.69, 9.17) is 11.6 Å². The summed E-state index contributed by atoms with van der Waals surface area (Å²) in [6, 6.07) is 21.0. The lowest BCUT2D eigenvalue weighted by Gasteiger charge is -2.35. The van der Waals surface area contributed by atoms with Crippen molar-refractivity contribution in [1.82, 2.24) is 0 Å². The number of hydrogen-bond donors (Lipinski definition) is 0. The molecule has 0 aromatic heterocycles. The molecule has 4 heteroatoms. The van der Waals surface area contributed by atoms with Gasteiger partial charge in [-0.1, -0.05) is 60.6 Å². The predicted octanol–water partition coefficient (Wildman–Crippen LogP) is 6.18. The molecule has 0 bridgehead atoms. The number of anilines is 1. The van der Waals surface area contributed by atoms with Crippen LogP contribution in [-0.2, 0) is 4.79 Å². The summed E-state index contributed by atoms with van der Waals surface area (Å²) in [7, 11) is 0. The molecule has 0 saturated carbocycles. The van der Waals surface area contributed by atoms with Crippen LogP contribution in [-0.4, -0.2) is 18.7 Å². The molecule has 3 aromatic rings. The molecule has 0 aliphatic carbocycles. The van der Waals surface area contributed by atoms with Crippen LogP contribution in [0, 0.1) is 0 Å². The molecule has 1 heterocycles. The molecule has 4 rings (SSSR count). The number of halogens is 1. The maximum Gasteiger partial charge on any atom is 0.228 e. The first kappa shape index (κ1) is 18.1. The van der Waals surface area contributed by atoms with E-state index in [1.54, 1.807) is 16.7 Å². The van der Waals surface area contributed by atoms with Crippen molar-refractivity contribution in [2.75, 3.05) is 17.7 Å². The number of hydrogen-bond acceptors (Lipinski definition) is 2. The van der Waals surface area contributed by atoms with Crippen molar-refractivity contribution in [3.8, 4) is 0 Å². The summed E-state index contributed by atoms with van der Waals surface area (Å²) >= 11 is 7.78. The van der Waals surface area contributed by atoms with Gasteiger partial charge in [0.15, 0.2) is 0 Å². The standard InChI is InChI=1S/C23H20ClNOS/c1-15(24)14-25-21-12-9-16-5-3-4-6-19(16)23(21)20(13-22(25)26)17-7-10-18(27-2)11-8-17/h3-12,20H,1,13-14H2,2H3. The van der Waals surface area contributed by atoms with Gasteiger partial charge >= 0.3 is 0 Å². The van der Waals surface area contributed by atoms with Crippen LogP contribution < -0.4 is 4.90 Å². The number of carbonyl (C=O) groups is 1. The molecule has 27 heavy (non-hydrogen) atoms. The highest BCUT2D eigenvalue weighted by Gasteiger charge is 2.33. The van der Waals surface area contributed by atoms with Gasteiger partial charge in [0, 0.05) is 28.0 Å². The lowest BCUT2D eigenvalue weighted by Crippen LogP contribution is -2.37. The summed E-state index contributed by atoms with van der Waals surface area (Å²) in [4.78, 5) is 15.9. The van der Waals surface area contributed by atoms with Gasteiger partial charge in [-0.15, -0.1) is 11.8 Å². The van der Waals surface area contributed by atoms with Crippen LogP contribution in [0.15, 0.2) is 77.2 Å². The summed E-state index contributed by atoms with van der Waals surface area (Å²) < 4.78 is 0. The van der Waals surface area contributed by atoms with Gasteiger partial charge in [0.05, 0.1) is 6.54 Å². The van der Waals surface area contributed by atoms with E-state index in [2.05, 4.69) is 61.4 Å². The molecule has 0 saturated heterocycles. The second kappa shape index (κ2) is 7.41. The first-order chi connectivity index (χ1) is 13.1. The molecule has 3 aromatic carbocycles. The van der Waals surface area contributed by atoms with Crippen molar-refractivity contribution >= 4 is 45.7 Å². The monoisotopic (exact) mass is 393 g/mol. The highest BCUT2D eigenvalue weighted by molar-refractivity contribution is 7.98. The van der Waals surface area contributed by atoms with Gasteiger partial charge < -0.3 is 4.90 Å². The van der Waals surface area contributed by atoms with Gasteiger partial charge in [-0.25, -0.2) is 0 Å². The van der Waals surface area contributed by atoms with Gasteiger partial charge in [-0.05, 0) is 46.4 Å². The predicted molar refractivity (Wildman–Crippen MR) is 116 cm³/mol. The van der Waals surface area contributed by atoms with E-state index < -0.39 is 0 Å². The number of fused-ring (bicyclic) bond motifs is 3. The Morgan fingerprint density at radius 1 is 1.15 bits per heavy atom. The molecule has 1 aliphatic heterocycles. The average molecular weight is 394 g/mol. The molecule has 1 atom stereocenters. The molecule has 136 valence electrons. The van der Waals surface area contributed by atoms with Crippen LogP contribution in [0.4, 0.5) is 5.69 Å². The maximum atomic E-state index is 13.0. The van der Waals surface area contributed by atoms with Gasteiger partial charge in [0.1, 0.15) is 0 Å². The van der Waals surface area contributed by atoms with Gasteiger partial charge in [0.25, 0.3) is 0 Å². The van der Waals surface area contributed by atoms with Crippen molar-refractivity contribution in [2.45, 2.75) is 17.2 Å². The highest BCUT2D eigenvalue weighted by atomic mass is 35.5. The summed E-state index contributed by atoms with van der Waals surface area (Å²) in [6.07, 6.45) is 2.50. The number of amides is 1. The second-order valence-corrected chi connectivity index (χ2v) is 8.16. The lowest BCUT2D eigenvalue weighted by atomic mass is 9.81. The van der Waals surface area contributed by atoms with E-state index in [9.17, 15) is 4.79 Å². The molecule has 1 amide bonds. The van der Waals surface area contributed by atoms with E-state index >= 15 is 0 Å². The van der Waals surface area contributed by atoms with Crippen molar-refractivity contribution in [1.29, 1.82) is 0 Å². The van der Waals surface area contributed by atoms with Crippen molar-refractivity contribution in [2.24, 2.45) is 0 Å². The van der Waals surface area contributed by atoms with Gasteiger partial charge in [-0.2, -0.15) is 0 Å². The van der Waals surface area contributed by atoms with Crippen molar-refractivity contribution in [3.63, 3.8) is 0 Å². The third-order valence-corrected chi connectivity index (χ3v) is 5.98. The van der Waals surface area contributed by atoms with Crippen molar-refractivity contribution in [3.05, 3.63) is 83.4 Å². The fraction of sp³-hybridized carbons (Fsp3) is 0.174. The first-order valence-electron chi connectivity index (χ1n) is 8.87. The summed E-state index contributed by atoms with van der Waals surface area (Å²) in [5.41, 5.74) is 3.30. The smallest absolute Gasteiger partial charge is 0.228 e. The number of thioether (sulfide) groups is 1. The molecular weight excluding hydrogens is 374 g/mol. The lowest BCUT2D eigenvalue weighted by molar-refractivity contribution is -0.119. The zero-order valence-corrected chi connectivity index (χ0v) is 16.7. The molecule has 0 fully saturated rings. The van der Waals surface area contributed by atoms with E-state index in [0.29, 0.717) is 18.0 Å². The normalized spacial score (nSPS) is 16.4. The minimum absolute atomic E-state index is 0.0364. The van der Waals surface area contributed by atoms with E-state index in [-0.39, 0.29) is 11.8 Å². The van der Waals surface area contributed by atoms with Crippen LogP contribution >= 0.6 is 23.4 Å². The Hall–Kier alpha value is -2.23. The molecule has 0 radical (unpaired) electrons. The van der Waals surface area contributed by atoms with Crippen LogP contribution in [0.3, 0.4) is 0 Å². The Morgan fingerprint density at radius 3 is 2.59 bits per heavy atom. The number of carbonyl (C=O) groups excluding carboxylic acids is 1. The van der Waals surface area contributed by atoms with Crippen LogP contribution in [0.2, 0.25) is 0 Å². The van der Waals surface area contributed by atoms with Crippen LogP contribution in [0.5, 0.6) is 0 Å². The zero-order valence-electron chi connectivity index (χ0n) is 15.1. The molecule has 0 spiro atoms. The molecule has 1 unspecified atom stereocenters. The van der Waals surface area contributed by atoms with Gasteiger partial charge in [-0.3, -0.25) is 4.79 Å². The van der Waals surface area contributed by atoms with E-state index in [0.717, 1.165) is 5.69 Å². The number of benzene rings is 3. The first-order valence-corrected chi connectivity index (χ1v) is 10.5. The summed E-state index contributed by atoms with van der Waals surface area (Å²) in [5.74, 6) is 0.118. The molecule has 1 aliphatic rings. The zero-order chi connectivity index (χ0) is 19.0. The maximum absolute atomic E-state index is 13.0. The molecule has 2 nitrogen and oxygen atoms in total. The Bertz CT molecular complexity index is 1030. The Labute approximate surface area is 168 Å². The van der Waals surface area contributed by atoms with E-state index in [1.165, 1.54) is 26.8 Å². The Morgan fingerprint density at radius 2 is 1.89 bits per heavy atom. The summed E-state index contributed by atoms with van der Waals surface area (Å²) in [6.45, 7) is 4.12. The number of rotatable bonds is 4. The number of nitrogens with zero attached hydrogens (tertiary/aromatic N) is 1. The fourth-order valence-electron chi connectivity index (χ4n) is 3.87.